The van der Waals surface area contributed by atoms with E-state index >= 15 is 0 Å². The lowest BCUT2D eigenvalue weighted by Crippen LogP contribution is -2.48. The van der Waals surface area contributed by atoms with Crippen molar-refractivity contribution in [2.75, 3.05) is 19.6 Å². The summed E-state index contributed by atoms with van der Waals surface area (Å²) in [5.74, 6) is 0.242. The minimum Gasteiger partial charge on any atom is -0.354 e. The van der Waals surface area contributed by atoms with Gasteiger partial charge in [-0.15, -0.1) is 12.4 Å². The fraction of sp³-hybridized carbons (Fsp3) is 0.588. The van der Waals surface area contributed by atoms with Crippen molar-refractivity contribution in [1.29, 1.82) is 0 Å². The lowest BCUT2D eigenvalue weighted by molar-refractivity contribution is -0.135. The average Bonchev–Trinajstić information content (AvgIpc) is 2.43. The maximum atomic E-state index is 12.4. The summed E-state index contributed by atoms with van der Waals surface area (Å²) >= 11 is 0. The normalized spacial score (nSPS) is 15.7. The summed E-state index contributed by atoms with van der Waals surface area (Å²) in [6.07, 6.45) is 5.23. The summed E-state index contributed by atoms with van der Waals surface area (Å²) in [7, 11) is 0. The number of benzene rings is 1. The van der Waals surface area contributed by atoms with Gasteiger partial charge in [-0.3, -0.25) is 4.79 Å². The molecule has 2 N–H and O–H groups in total. The quantitative estimate of drug-likeness (QED) is 0.725. The maximum Gasteiger partial charge on any atom is 0.226 e. The van der Waals surface area contributed by atoms with Gasteiger partial charge in [-0.2, -0.15) is 0 Å². The lowest BCUT2D eigenvalue weighted by atomic mass is 9.64. The smallest absolute Gasteiger partial charge is 0.226 e. The molecule has 0 heterocycles. The van der Waals surface area contributed by atoms with Crippen LogP contribution in [-0.2, 0) is 11.2 Å². The zero-order valence-electron chi connectivity index (χ0n) is 12.9. The number of hydrogen-bond acceptors (Lipinski definition) is 2. The first kappa shape index (κ1) is 18.0. The molecule has 0 atom stereocenters. The van der Waals surface area contributed by atoms with E-state index in [0.717, 1.165) is 45.3 Å². The van der Waals surface area contributed by atoms with E-state index < -0.39 is 0 Å². The van der Waals surface area contributed by atoms with Crippen molar-refractivity contribution in [1.82, 2.24) is 10.6 Å². The molecule has 4 heteroatoms. The number of nitrogens with one attached hydrogen (secondary N) is 2. The summed E-state index contributed by atoms with van der Waals surface area (Å²) in [6.45, 7) is 4.76. The lowest BCUT2D eigenvalue weighted by Gasteiger charge is -2.40. The molecule has 21 heavy (non-hydrogen) atoms. The molecule has 2 rings (SSSR count). The Hall–Kier alpha value is -1.06. The van der Waals surface area contributed by atoms with Crippen LogP contribution in [-0.4, -0.2) is 25.5 Å². The van der Waals surface area contributed by atoms with Crippen molar-refractivity contribution in [3.63, 3.8) is 0 Å². The third-order valence-corrected chi connectivity index (χ3v) is 4.19. The average molecular weight is 311 g/mol. The minimum atomic E-state index is -0.147. The van der Waals surface area contributed by atoms with Crippen molar-refractivity contribution in [3.8, 4) is 0 Å². The van der Waals surface area contributed by atoms with Crippen molar-refractivity contribution >= 4 is 18.3 Å². The minimum absolute atomic E-state index is 0. The van der Waals surface area contributed by atoms with E-state index in [2.05, 4.69) is 29.7 Å². The van der Waals surface area contributed by atoms with Crippen LogP contribution >= 0.6 is 12.4 Å². The molecule has 118 valence electrons. The predicted octanol–water partition coefficient (Wildman–Crippen LogP) is 2.94. The van der Waals surface area contributed by atoms with E-state index in [1.165, 1.54) is 12.0 Å². The van der Waals surface area contributed by atoms with Crippen LogP contribution in [0.15, 0.2) is 30.3 Å². The molecule has 1 aromatic carbocycles. The highest BCUT2D eigenvalue weighted by atomic mass is 35.5. The van der Waals surface area contributed by atoms with Crippen LogP contribution in [0.2, 0.25) is 0 Å². The van der Waals surface area contributed by atoms with Crippen LogP contribution in [0.3, 0.4) is 0 Å². The third kappa shape index (κ3) is 5.01. The second kappa shape index (κ2) is 9.06. The summed E-state index contributed by atoms with van der Waals surface area (Å²) in [5.41, 5.74) is 1.12. The van der Waals surface area contributed by atoms with Gasteiger partial charge in [0, 0.05) is 13.1 Å². The molecule has 0 spiro atoms. The molecule has 0 saturated heterocycles. The Labute approximate surface area is 134 Å². The zero-order chi connectivity index (χ0) is 14.3. The second-order valence-corrected chi connectivity index (χ2v) is 5.80. The van der Waals surface area contributed by atoms with Crippen molar-refractivity contribution < 1.29 is 4.79 Å². The molecule has 0 unspecified atom stereocenters. The van der Waals surface area contributed by atoms with E-state index in [4.69, 9.17) is 0 Å². The van der Waals surface area contributed by atoms with Gasteiger partial charge in [0.1, 0.15) is 0 Å². The Bertz CT molecular complexity index is 418. The number of hydrogen-bond donors (Lipinski definition) is 2. The van der Waals surface area contributed by atoms with Crippen LogP contribution in [0, 0.1) is 5.41 Å². The summed E-state index contributed by atoms with van der Waals surface area (Å²) in [4.78, 5) is 12.4. The van der Waals surface area contributed by atoms with E-state index in [9.17, 15) is 4.79 Å². The monoisotopic (exact) mass is 310 g/mol. The Morgan fingerprint density at radius 2 is 1.86 bits per heavy atom. The van der Waals surface area contributed by atoms with Crippen LogP contribution in [0.4, 0.5) is 0 Å². The van der Waals surface area contributed by atoms with Crippen LogP contribution in [0.5, 0.6) is 0 Å². The molecule has 0 aliphatic heterocycles. The summed E-state index contributed by atoms with van der Waals surface area (Å²) < 4.78 is 0. The van der Waals surface area contributed by atoms with Crippen molar-refractivity contribution in [2.24, 2.45) is 5.41 Å². The number of halogens is 1. The van der Waals surface area contributed by atoms with E-state index in [0.29, 0.717) is 0 Å². The van der Waals surface area contributed by atoms with Gasteiger partial charge in [-0.1, -0.05) is 43.7 Å². The van der Waals surface area contributed by atoms with Crippen molar-refractivity contribution in [3.05, 3.63) is 35.9 Å². The molecule has 1 saturated carbocycles. The SMILES string of the molecule is CCCNCCNC(=O)C1(Cc2ccccc2)CCC1.Cl. The van der Waals surface area contributed by atoms with Gasteiger partial charge in [-0.25, -0.2) is 0 Å². The Balaban J connectivity index is 0.00000220. The Kier molecular flexibility index (Phi) is 7.76. The molecule has 1 aromatic rings. The van der Waals surface area contributed by atoms with Gasteiger partial charge in [0.05, 0.1) is 5.41 Å². The highest BCUT2D eigenvalue weighted by molar-refractivity contribution is 5.85. The summed E-state index contributed by atoms with van der Waals surface area (Å²) in [6, 6.07) is 10.4. The molecular weight excluding hydrogens is 284 g/mol. The maximum absolute atomic E-state index is 12.4. The molecule has 0 aromatic heterocycles. The highest BCUT2D eigenvalue weighted by Gasteiger charge is 2.43. The molecule has 1 amide bonds. The number of carbonyl (C=O) groups is 1. The first-order valence-electron chi connectivity index (χ1n) is 7.80. The molecule has 1 aliphatic rings. The van der Waals surface area contributed by atoms with Crippen LogP contribution in [0.25, 0.3) is 0 Å². The van der Waals surface area contributed by atoms with Gasteiger partial charge in [0.2, 0.25) is 5.91 Å². The fourth-order valence-electron chi connectivity index (χ4n) is 2.83. The van der Waals surface area contributed by atoms with Gasteiger partial charge >= 0.3 is 0 Å². The molecule has 1 fully saturated rings. The molecule has 0 bridgehead atoms. The van der Waals surface area contributed by atoms with Crippen LogP contribution < -0.4 is 10.6 Å². The zero-order valence-corrected chi connectivity index (χ0v) is 13.7. The van der Waals surface area contributed by atoms with E-state index in [-0.39, 0.29) is 23.7 Å². The predicted molar refractivity (Wildman–Crippen MR) is 89.8 cm³/mol. The topological polar surface area (TPSA) is 41.1 Å². The molecule has 1 aliphatic carbocycles. The first-order chi connectivity index (χ1) is 9.77. The van der Waals surface area contributed by atoms with Gasteiger partial charge in [-0.05, 0) is 37.8 Å². The molecule has 0 radical (unpaired) electrons. The Morgan fingerprint density at radius 3 is 2.43 bits per heavy atom. The Morgan fingerprint density at radius 1 is 1.14 bits per heavy atom. The molecular formula is C17H27ClN2O. The standard InChI is InChI=1S/C17H26N2O.ClH/c1-2-11-18-12-13-19-16(20)17(9-6-10-17)14-15-7-4-3-5-8-15;/h3-5,7-8,18H,2,6,9-14H2,1H3,(H,19,20);1H. The molecule has 3 nitrogen and oxygen atoms in total. The second-order valence-electron chi connectivity index (χ2n) is 5.80. The third-order valence-electron chi connectivity index (χ3n) is 4.19. The van der Waals surface area contributed by atoms with Gasteiger partial charge < -0.3 is 10.6 Å². The fourth-order valence-corrected chi connectivity index (χ4v) is 2.83. The van der Waals surface area contributed by atoms with Gasteiger partial charge in [0.15, 0.2) is 0 Å². The van der Waals surface area contributed by atoms with E-state index in [1.807, 2.05) is 18.2 Å². The number of amides is 1. The number of rotatable bonds is 8. The number of carbonyl (C=O) groups excluding carboxylic acids is 1. The largest absolute Gasteiger partial charge is 0.354 e. The van der Waals surface area contributed by atoms with Crippen molar-refractivity contribution in [2.45, 2.75) is 39.0 Å². The summed E-state index contributed by atoms with van der Waals surface area (Å²) in [5, 5.41) is 6.42. The van der Waals surface area contributed by atoms with Crippen LogP contribution in [0.1, 0.15) is 38.2 Å². The highest BCUT2D eigenvalue weighted by Crippen LogP contribution is 2.43. The van der Waals surface area contributed by atoms with Gasteiger partial charge in [0.25, 0.3) is 0 Å². The first-order valence-corrected chi connectivity index (χ1v) is 7.80. The van der Waals surface area contributed by atoms with E-state index in [1.54, 1.807) is 0 Å².